The molecule has 1 fully saturated rings. The maximum Gasteiger partial charge on any atom is 0.278 e. The summed E-state index contributed by atoms with van der Waals surface area (Å²) in [4.78, 5) is 30.8. The SMILES string of the molecule is [C-]#[N+]C1(c2cccc(-n3c4nc(Nc5ccc6c(c5)CCNC6)ncc4c(=O)n3CC)n2)CC1. The summed E-state index contributed by atoms with van der Waals surface area (Å²) in [5, 5.41) is 7.12. The number of benzene rings is 1. The molecule has 6 rings (SSSR count). The number of anilines is 2. The summed E-state index contributed by atoms with van der Waals surface area (Å²) in [6.45, 7) is 11.8. The monoisotopic (exact) mass is 452 g/mol. The molecule has 4 heterocycles. The van der Waals surface area contributed by atoms with Crippen molar-refractivity contribution in [2.45, 2.75) is 44.8 Å². The molecule has 9 heteroatoms. The molecule has 0 bridgehead atoms. The van der Waals surface area contributed by atoms with Crippen LogP contribution in [0.15, 0.2) is 47.4 Å². The summed E-state index contributed by atoms with van der Waals surface area (Å²) >= 11 is 0. The van der Waals surface area contributed by atoms with Gasteiger partial charge in [-0.05, 0) is 55.3 Å². The summed E-state index contributed by atoms with van der Waals surface area (Å²) in [6, 6.07) is 11.9. The Hall–Kier alpha value is -4.03. The second-order valence-corrected chi connectivity index (χ2v) is 8.82. The number of nitrogens with one attached hydrogen (secondary N) is 2. The third-order valence-corrected chi connectivity index (χ3v) is 6.69. The van der Waals surface area contributed by atoms with Crippen LogP contribution in [0, 0.1) is 6.57 Å². The van der Waals surface area contributed by atoms with Gasteiger partial charge in [-0.1, -0.05) is 12.1 Å². The van der Waals surface area contributed by atoms with Crippen LogP contribution in [-0.2, 0) is 25.0 Å². The van der Waals surface area contributed by atoms with Gasteiger partial charge in [0, 0.05) is 37.8 Å². The van der Waals surface area contributed by atoms with E-state index in [4.69, 9.17) is 16.5 Å². The molecule has 34 heavy (non-hydrogen) atoms. The maximum atomic E-state index is 13.1. The van der Waals surface area contributed by atoms with E-state index in [1.165, 1.54) is 11.1 Å². The minimum absolute atomic E-state index is 0.163. The predicted molar refractivity (Wildman–Crippen MR) is 129 cm³/mol. The van der Waals surface area contributed by atoms with Gasteiger partial charge in [-0.15, -0.1) is 0 Å². The standard InChI is InChI=1S/C25H24N8O/c1-3-32-23(34)19-15-28-24(29-18-8-7-17-14-27-12-9-16(17)13-18)31-22(19)33(32)21-6-4-5-20(30-21)25(26-2)10-11-25/h4-8,13,15,27H,3,9-12,14H2,1H3,(H,28,29,31). The van der Waals surface area contributed by atoms with Crippen LogP contribution in [0.1, 0.15) is 36.6 Å². The van der Waals surface area contributed by atoms with E-state index in [0.29, 0.717) is 29.3 Å². The highest BCUT2D eigenvalue weighted by Crippen LogP contribution is 2.48. The number of fused-ring (bicyclic) bond motifs is 2. The van der Waals surface area contributed by atoms with E-state index in [2.05, 4.69) is 32.6 Å². The van der Waals surface area contributed by atoms with Crippen LogP contribution >= 0.6 is 0 Å². The van der Waals surface area contributed by atoms with Gasteiger partial charge >= 0.3 is 0 Å². The van der Waals surface area contributed by atoms with Gasteiger partial charge in [-0.2, -0.15) is 4.98 Å². The van der Waals surface area contributed by atoms with E-state index in [9.17, 15) is 4.79 Å². The maximum absolute atomic E-state index is 13.1. The molecule has 3 aromatic heterocycles. The summed E-state index contributed by atoms with van der Waals surface area (Å²) in [7, 11) is 0. The van der Waals surface area contributed by atoms with Crippen molar-refractivity contribution in [3.05, 3.63) is 81.2 Å². The fraction of sp³-hybridized carbons (Fsp3) is 0.320. The molecule has 170 valence electrons. The average molecular weight is 453 g/mol. The van der Waals surface area contributed by atoms with Gasteiger partial charge in [0.25, 0.3) is 11.1 Å². The van der Waals surface area contributed by atoms with Crippen molar-refractivity contribution < 1.29 is 0 Å². The summed E-state index contributed by atoms with van der Waals surface area (Å²) in [5.41, 5.74) is 4.08. The highest BCUT2D eigenvalue weighted by molar-refractivity contribution is 5.77. The van der Waals surface area contributed by atoms with Crippen molar-refractivity contribution in [3.8, 4) is 5.82 Å². The van der Waals surface area contributed by atoms with Crippen molar-refractivity contribution in [2.75, 3.05) is 11.9 Å². The fourth-order valence-corrected chi connectivity index (χ4v) is 4.63. The van der Waals surface area contributed by atoms with Crippen molar-refractivity contribution in [1.29, 1.82) is 0 Å². The van der Waals surface area contributed by atoms with Gasteiger partial charge in [-0.25, -0.2) is 25.9 Å². The first kappa shape index (κ1) is 20.6. The summed E-state index contributed by atoms with van der Waals surface area (Å²) in [6.07, 6.45) is 4.18. The van der Waals surface area contributed by atoms with Gasteiger partial charge in [0.1, 0.15) is 11.1 Å². The highest BCUT2D eigenvalue weighted by atomic mass is 16.1. The Morgan fingerprint density at radius 2 is 2.09 bits per heavy atom. The van der Waals surface area contributed by atoms with Gasteiger partial charge < -0.3 is 15.5 Å². The molecule has 2 N–H and O–H groups in total. The lowest BCUT2D eigenvalue weighted by atomic mass is 10.0. The molecule has 0 unspecified atom stereocenters. The quantitative estimate of drug-likeness (QED) is 0.452. The molecule has 1 aliphatic carbocycles. The second-order valence-electron chi connectivity index (χ2n) is 8.82. The Bertz CT molecular complexity index is 1520. The summed E-state index contributed by atoms with van der Waals surface area (Å²) in [5.74, 6) is 0.992. The molecule has 4 aromatic rings. The van der Waals surface area contributed by atoms with Crippen LogP contribution in [0.3, 0.4) is 0 Å². The molecule has 0 radical (unpaired) electrons. The van der Waals surface area contributed by atoms with Crippen LogP contribution in [-0.4, -0.2) is 30.9 Å². The van der Waals surface area contributed by atoms with E-state index >= 15 is 0 Å². The van der Waals surface area contributed by atoms with Gasteiger partial charge in [0.2, 0.25) is 5.95 Å². The predicted octanol–water partition coefficient (Wildman–Crippen LogP) is 3.29. The molecular formula is C25H24N8O. The number of pyridine rings is 1. The van der Waals surface area contributed by atoms with Gasteiger partial charge in [0.15, 0.2) is 11.5 Å². The minimum atomic E-state index is -0.528. The molecule has 1 aromatic carbocycles. The van der Waals surface area contributed by atoms with E-state index in [1.54, 1.807) is 15.6 Å². The molecule has 0 atom stereocenters. The van der Waals surface area contributed by atoms with Crippen molar-refractivity contribution >= 4 is 22.7 Å². The average Bonchev–Trinajstić information content (AvgIpc) is 3.63. The molecule has 0 saturated heterocycles. The Balaban J connectivity index is 1.44. The number of hydrogen-bond donors (Lipinski definition) is 2. The van der Waals surface area contributed by atoms with Crippen LogP contribution < -0.4 is 16.2 Å². The van der Waals surface area contributed by atoms with E-state index in [-0.39, 0.29) is 5.56 Å². The largest absolute Gasteiger partial charge is 0.324 e. The third kappa shape index (κ3) is 3.26. The minimum Gasteiger partial charge on any atom is -0.324 e. The first-order valence-electron chi connectivity index (χ1n) is 11.6. The van der Waals surface area contributed by atoms with Gasteiger partial charge in [0.05, 0.1) is 0 Å². The number of hydrogen-bond acceptors (Lipinski definition) is 6. The lowest BCUT2D eigenvalue weighted by Crippen LogP contribution is -2.23. The van der Waals surface area contributed by atoms with Crippen molar-refractivity contribution in [2.24, 2.45) is 0 Å². The Labute approximate surface area is 196 Å². The van der Waals surface area contributed by atoms with Crippen LogP contribution in [0.5, 0.6) is 0 Å². The lowest BCUT2D eigenvalue weighted by molar-refractivity contribution is 0.565. The zero-order valence-electron chi connectivity index (χ0n) is 18.9. The number of rotatable bonds is 5. The zero-order chi connectivity index (χ0) is 23.3. The van der Waals surface area contributed by atoms with Crippen LogP contribution in [0.4, 0.5) is 11.6 Å². The molecule has 0 amide bonds. The molecule has 0 spiro atoms. The van der Waals surface area contributed by atoms with Crippen LogP contribution in [0.2, 0.25) is 0 Å². The number of nitrogens with zero attached hydrogens (tertiary/aromatic N) is 6. The molecule has 2 aliphatic rings. The second kappa shape index (κ2) is 7.78. The molecule has 1 aliphatic heterocycles. The molecule has 1 saturated carbocycles. The fourth-order valence-electron chi connectivity index (χ4n) is 4.63. The van der Waals surface area contributed by atoms with E-state index in [0.717, 1.165) is 43.7 Å². The topological polar surface area (TPSA) is 94.0 Å². The molecular weight excluding hydrogens is 428 g/mol. The Morgan fingerprint density at radius 1 is 1.21 bits per heavy atom. The van der Waals surface area contributed by atoms with E-state index in [1.807, 2.05) is 31.2 Å². The zero-order valence-corrected chi connectivity index (χ0v) is 18.9. The Morgan fingerprint density at radius 3 is 2.88 bits per heavy atom. The van der Waals surface area contributed by atoms with Crippen LogP contribution in [0.25, 0.3) is 21.7 Å². The molecule has 9 nitrogen and oxygen atoms in total. The van der Waals surface area contributed by atoms with Crippen molar-refractivity contribution in [3.63, 3.8) is 0 Å². The van der Waals surface area contributed by atoms with Crippen molar-refractivity contribution in [1.82, 2.24) is 29.6 Å². The smallest absolute Gasteiger partial charge is 0.278 e. The van der Waals surface area contributed by atoms with Gasteiger partial charge in [-0.3, -0.25) is 4.79 Å². The number of aromatic nitrogens is 5. The first-order valence-corrected chi connectivity index (χ1v) is 11.6. The third-order valence-electron chi connectivity index (χ3n) is 6.69. The Kier molecular flexibility index (Phi) is 4.71. The first-order chi connectivity index (χ1) is 16.6. The lowest BCUT2D eigenvalue weighted by Gasteiger charge is -2.18. The van der Waals surface area contributed by atoms with E-state index < -0.39 is 5.54 Å². The highest BCUT2D eigenvalue weighted by Gasteiger charge is 2.54. The summed E-state index contributed by atoms with van der Waals surface area (Å²) < 4.78 is 3.35. The normalized spacial score (nSPS) is 16.1.